The lowest BCUT2D eigenvalue weighted by Crippen LogP contribution is -2.31. The molecule has 0 aromatic carbocycles. The van der Waals surface area contributed by atoms with E-state index in [-0.39, 0.29) is 12.3 Å². The monoisotopic (exact) mass is 319 g/mol. The number of aryl methyl sites for hydroxylation is 1. The Labute approximate surface area is 140 Å². The molecule has 0 bridgehead atoms. The van der Waals surface area contributed by atoms with Crippen LogP contribution in [-0.4, -0.2) is 31.7 Å². The van der Waals surface area contributed by atoms with Gasteiger partial charge in [-0.15, -0.1) is 0 Å². The summed E-state index contributed by atoms with van der Waals surface area (Å²) < 4.78 is 1.89. The number of nitrogens with zero attached hydrogens (tertiary/aromatic N) is 5. The first kappa shape index (κ1) is 15.7. The third-order valence-corrected chi connectivity index (χ3v) is 3.79. The Morgan fingerprint density at radius 2 is 2.21 bits per heavy atom. The molecule has 3 heterocycles. The van der Waals surface area contributed by atoms with Gasteiger partial charge >= 0.3 is 0 Å². The predicted molar refractivity (Wildman–Crippen MR) is 89.1 cm³/mol. The van der Waals surface area contributed by atoms with Crippen molar-refractivity contribution in [2.45, 2.75) is 19.9 Å². The van der Waals surface area contributed by atoms with Crippen molar-refractivity contribution in [3.63, 3.8) is 0 Å². The van der Waals surface area contributed by atoms with Crippen LogP contribution in [0.15, 0.2) is 48.9 Å². The second kappa shape index (κ2) is 6.92. The van der Waals surface area contributed by atoms with Crippen LogP contribution in [-0.2, 0) is 6.54 Å². The molecule has 0 spiro atoms. The highest BCUT2D eigenvalue weighted by atomic mass is 16.2. The number of imidazole rings is 1. The van der Waals surface area contributed by atoms with Gasteiger partial charge < -0.3 is 9.30 Å². The first-order valence-electron chi connectivity index (χ1n) is 7.69. The summed E-state index contributed by atoms with van der Waals surface area (Å²) in [6, 6.07) is 11.6. The maximum atomic E-state index is 12.9. The molecule has 0 aliphatic rings. The van der Waals surface area contributed by atoms with E-state index in [0.29, 0.717) is 18.8 Å². The van der Waals surface area contributed by atoms with Crippen LogP contribution in [0.2, 0.25) is 0 Å². The van der Waals surface area contributed by atoms with Crippen LogP contribution in [0, 0.1) is 18.3 Å². The Morgan fingerprint density at radius 3 is 2.92 bits per heavy atom. The Kier molecular flexibility index (Phi) is 4.52. The van der Waals surface area contributed by atoms with Crippen molar-refractivity contribution >= 4 is 11.6 Å². The van der Waals surface area contributed by atoms with Crippen molar-refractivity contribution in [3.8, 4) is 6.07 Å². The van der Waals surface area contributed by atoms with Gasteiger partial charge in [-0.1, -0.05) is 12.1 Å². The third-order valence-electron chi connectivity index (χ3n) is 3.79. The fraction of sp³-hybridized carbons (Fsp3) is 0.222. The fourth-order valence-corrected chi connectivity index (χ4v) is 2.56. The van der Waals surface area contributed by atoms with Gasteiger partial charge in [0.15, 0.2) is 0 Å². The van der Waals surface area contributed by atoms with Crippen LogP contribution in [0.1, 0.15) is 28.2 Å². The molecule has 3 rings (SSSR count). The van der Waals surface area contributed by atoms with Gasteiger partial charge in [0.1, 0.15) is 11.3 Å². The Bertz CT molecular complexity index is 895. The molecule has 0 unspecified atom stereocenters. The van der Waals surface area contributed by atoms with E-state index in [4.69, 9.17) is 5.26 Å². The van der Waals surface area contributed by atoms with Crippen LogP contribution in [0.4, 0.5) is 0 Å². The molecule has 0 atom stereocenters. The summed E-state index contributed by atoms with van der Waals surface area (Å²) in [5.74, 6) is -0.183. The zero-order chi connectivity index (χ0) is 16.9. The third kappa shape index (κ3) is 3.25. The highest BCUT2D eigenvalue weighted by molar-refractivity contribution is 5.93. The maximum absolute atomic E-state index is 12.9. The van der Waals surface area contributed by atoms with Crippen molar-refractivity contribution in [3.05, 3.63) is 65.9 Å². The smallest absolute Gasteiger partial charge is 0.274 e. The Hall–Kier alpha value is -3.20. The number of pyridine rings is 2. The standard InChI is InChI=1S/C18H17N5O/c1-14-5-2-7-17-21-16(13-23(14)17)18(24)22(10-4-8-19)12-15-6-3-9-20-11-15/h2-3,5-7,9,11,13H,4,10,12H2,1H3. The molecular weight excluding hydrogens is 302 g/mol. The summed E-state index contributed by atoms with van der Waals surface area (Å²) in [5, 5.41) is 8.86. The molecule has 0 N–H and O–H groups in total. The number of aromatic nitrogens is 3. The molecule has 0 aliphatic heterocycles. The first-order chi connectivity index (χ1) is 11.7. The first-order valence-corrected chi connectivity index (χ1v) is 7.69. The second-order valence-corrected chi connectivity index (χ2v) is 5.52. The summed E-state index contributed by atoms with van der Waals surface area (Å²) >= 11 is 0. The van der Waals surface area contributed by atoms with Gasteiger partial charge in [-0.05, 0) is 30.7 Å². The number of carbonyl (C=O) groups excluding carboxylic acids is 1. The quantitative estimate of drug-likeness (QED) is 0.724. The minimum Gasteiger partial charge on any atom is -0.332 e. The maximum Gasteiger partial charge on any atom is 0.274 e. The van der Waals surface area contributed by atoms with Crippen LogP contribution in [0.25, 0.3) is 5.65 Å². The normalized spacial score (nSPS) is 10.5. The molecule has 0 saturated heterocycles. The summed E-state index contributed by atoms with van der Waals surface area (Å²) in [6.45, 7) is 2.73. The summed E-state index contributed by atoms with van der Waals surface area (Å²) in [6.07, 6.45) is 5.43. The van der Waals surface area contributed by atoms with Gasteiger partial charge in [0.05, 0.1) is 12.5 Å². The van der Waals surface area contributed by atoms with Crippen molar-refractivity contribution < 1.29 is 4.79 Å². The van der Waals surface area contributed by atoms with Gasteiger partial charge in [-0.2, -0.15) is 5.26 Å². The van der Waals surface area contributed by atoms with Crippen LogP contribution in [0.5, 0.6) is 0 Å². The minimum atomic E-state index is -0.183. The number of fused-ring (bicyclic) bond motifs is 1. The average Bonchev–Trinajstić information content (AvgIpc) is 3.04. The van der Waals surface area contributed by atoms with Crippen molar-refractivity contribution in [1.29, 1.82) is 5.26 Å². The van der Waals surface area contributed by atoms with E-state index >= 15 is 0 Å². The molecule has 0 fully saturated rings. The lowest BCUT2D eigenvalue weighted by molar-refractivity contribution is 0.0741. The van der Waals surface area contributed by atoms with Crippen LogP contribution >= 0.6 is 0 Å². The topological polar surface area (TPSA) is 74.3 Å². The number of rotatable bonds is 5. The Balaban J connectivity index is 1.89. The largest absolute Gasteiger partial charge is 0.332 e. The van der Waals surface area contributed by atoms with E-state index in [1.165, 1.54) is 0 Å². The number of carbonyl (C=O) groups is 1. The molecule has 120 valence electrons. The molecule has 0 radical (unpaired) electrons. The fourth-order valence-electron chi connectivity index (χ4n) is 2.56. The number of hydrogen-bond acceptors (Lipinski definition) is 4. The summed E-state index contributed by atoms with van der Waals surface area (Å²) in [4.78, 5) is 23.0. The molecular formula is C18H17N5O. The number of amides is 1. The molecule has 0 saturated carbocycles. The van der Waals surface area contributed by atoms with Crippen molar-refractivity contribution in [2.24, 2.45) is 0 Å². The predicted octanol–water partition coefficient (Wildman–Crippen LogP) is 2.59. The lowest BCUT2D eigenvalue weighted by atomic mass is 10.2. The molecule has 6 nitrogen and oxygen atoms in total. The summed E-state index contributed by atoms with van der Waals surface area (Å²) in [5.41, 5.74) is 3.05. The SMILES string of the molecule is Cc1cccc2nc(C(=O)N(CCC#N)Cc3cccnc3)cn12. The van der Waals surface area contributed by atoms with Gasteiger partial charge in [0.25, 0.3) is 5.91 Å². The Morgan fingerprint density at radius 1 is 1.33 bits per heavy atom. The molecule has 6 heteroatoms. The highest BCUT2D eigenvalue weighted by Crippen LogP contribution is 2.13. The second-order valence-electron chi connectivity index (χ2n) is 5.52. The minimum absolute atomic E-state index is 0.183. The van der Waals surface area contributed by atoms with Gasteiger partial charge in [0, 0.05) is 37.4 Å². The molecule has 3 aromatic rings. The number of hydrogen-bond donors (Lipinski definition) is 0. The van der Waals surface area contributed by atoms with Gasteiger partial charge in [0.2, 0.25) is 0 Å². The van der Waals surface area contributed by atoms with E-state index in [2.05, 4.69) is 16.0 Å². The van der Waals surface area contributed by atoms with Gasteiger partial charge in [-0.3, -0.25) is 9.78 Å². The van der Waals surface area contributed by atoms with E-state index in [1.54, 1.807) is 23.5 Å². The highest BCUT2D eigenvalue weighted by Gasteiger charge is 2.19. The van der Waals surface area contributed by atoms with E-state index in [0.717, 1.165) is 16.9 Å². The van der Waals surface area contributed by atoms with E-state index in [1.807, 2.05) is 41.7 Å². The average molecular weight is 319 g/mol. The summed E-state index contributed by atoms with van der Waals surface area (Å²) in [7, 11) is 0. The molecule has 24 heavy (non-hydrogen) atoms. The van der Waals surface area contributed by atoms with Crippen LogP contribution < -0.4 is 0 Å². The zero-order valence-electron chi connectivity index (χ0n) is 13.4. The van der Waals surface area contributed by atoms with Gasteiger partial charge in [-0.25, -0.2) is 4.98 Å². The van der Waals surface area contributed by atoms with E-state index < -0.39 is 0 Å². The van der Waals surface area contributed by atoms with E-state index in [9.17, 15) is 4.79 Å². The van der Waals surface area contributed by atoms with Crippen LogP contribution in [0.3, 0.4) is 0 Å². The van der Waals surface area contributed by atoms with Crippen molar-refractivity contribution in [1.82, 2.24) is 19.3 Å². The molecule has 3 aromatic heterocycles. The molecule has 0 aliphatic carbocycles. The molecule has 1 amide bonds. The zero-order valence-corrected chi connectivity index (χ0v) is 13.4. The lowest BCUT2D eigenvalue weighted by Gasteiger charge is -2.20. The van der Waals surface area contributed by atoms with Crippen molar-refractivity contribution in [2.75, 3.05) is 6.54 Å². The number of nitriles is 1.